The van der Waals surface area contributed by atoms with Gasteiger partial charge in [0.2, 0.25) is 0 Å². The largest absolute Gasteiger partial charge is 0.417 e. The number of ether oxygens (including phenoxy) is 1. The Morgan fingerprint density at radius 1 is 1.26 bits per heavy atom. The lowest BCUT2D eigenvalue weighted by atomic mass is 10.1. The smallest absolute Gasteiger partial charge is 0.382 e. The number of piperazine rings is 1. The standard InChI is InChI=1S/C21H20F4N4O2/c1-31-13-16-12-28(15-7-6-14(11-26)17(10-15)21(23,24)25)8-9-29(16)20(30)27-19-5-3-2-4-18(19)22/h2-7,10,16H,8-9,12-13H2,1H3,(H,27,30). The van der Waals surface area contributed by atoms with Gasteiger partial charge in [-0.25, -0.2) is 9.18 Å². The second-order valence-electron chi connectivity index (χ2n) is 7.00. The lowest BCUT2D eigenvalue weighted by Crippen LogP contribution is -2.58. The number of carbonyl (C=O) groups excluding carboxylic acids is 1. The fraction of sp³-hybridized carbons (Fsp3) is 0.333. The summed E-state index contributed by atoms with van der Waals surface area (Å²) in [6.07, 6.45) is -4.66. The van der Waals surface area contributed by atoms with E-state index in [1.807, 2.05) is 0 Å². The number of nitrogens with one attached hydrogen (secondary N) is 1. The second-order valence-corrected chi connectivity index (χ2v) is 7.00. The molecule has 0 saturated carbocycles. The fourth-order valence-electron chi connectivity index (χ4n) is 3.50. The summed E-state index contributed by atoms with van der Waals surface area (Å²) < 4.78 is 59.0. The molecule has 6 nitrogen and oxygen atoms in total. The molecule has 3 rings (SSSR count). The number of hydrogen-bond acceptors (Lipinski definition) is 4. The molecule has 164 valence electrons. The fourth-order valence-corrected chi connectivity index (χ4v) is 3.50. The molecule has 2 aromatic rings. The SMILES string of the molecule is COCC1CN(c2ccc(C#N)c(C(F)(F)F)c2)CCN1C(=O)Nc1ccccc1F. The van der Waals surface area contributed by atoms with Gasteiger partial charge in [0.1, 0.15) is 5.82 Å². The van der Waals surface area contributed by atoms with Crippen LogP contribution in [0, 0.1) is 17.1 Å². The van der Waals surface area contributed by atoms with Crippen molar-refractivity contribution in [3.8, 4) is 6.07 Å². The third kappa shape index (κ3) is 5.06. The van der Waals surface area contributed by atoms with E-state index in [2.05, 4.69) is 5.32 Å². The number of nitrogens with zero attached hydrogens (tertiary/aromatic N) is 3. The van der Waals surface area contributed by atoms with Gasteiger partial charge in [-0.2, -0.15) is 18.4 Å². The van der Waals surface area contributed by atoms with E-state index in [4.69, 9.17) is 10.00 Å². The van der Waals surface area contributed by atoms with Crippen LogP contribution in [-0.2, 0) is 10.9 Å². The Kier molecular flexibility index (Phi) is 6.65. The summed E-state index contributed by atoms with van der Waals surface area (Å²) in [5, 5.41) is 11.5. The maximum atomic E-state index is 13.9. The van der Waals surface area contributed by atoms with E-state index in [0.29, 0.717) is 5.69 Å². The van der Waals surface area contributed by atoms with Crippen LogP contribution in [0.1, 0.15) is 11.1 Å². The van der Waals surface area contributed by atoms with Gasteiger partial charge >= 0.3 is 12.2 Å². The van der Waals surface area contributed by atoms with Crippen molar-refractivity contribution in [1.29, 1.82) is 5.26 Å². The van der Waals surface area contributed by atoms with E-state index in [1.54, 1.807) is 17.0 Å². The molecule has 0 bridgehead atoms. The zero-order valence-corrected chi connectivity index (χ0v) is 16.6. The average Bonchev–Trinajstić information content (AvgIpc) is 2.74. The third-order valence-corrected chi connectivity index (χ3v) is 5.01. The molecule has 10 heteroatoms. The summed E-state index contributed by atoms with van der Waals surface area (Å²) in [6, 6.07) is 9.85. The summed E-state index contributed by atoms with van der Waals surface area (Å²) in [6.45, 7) is 0.801. The molecule has 0 spiro atoms. The Morgan fingerprint density at radius 2 is 2.00 bits per heavy atom. The van der Waals surface area contributed by atoms with Gasteiger partial charge in [0, 0.05) is 32.4 Å². The van der Waals surface area contributed by atoms with Gasteiger partial charge in [-0.1, -0.05) is 12.1 Å². The molecule has 1 atom stereocenters. The first-order valence-corrected chi connectivity index (χ1v) is 9.42. The zero-order chi connectivity index (χ0) is 22.6. The van der Waals surface area contributed by atoms with E-state index in [1.165, 1.54) is 36.3 Å². The molecule has 0 aliphatic carbocycles. The number of nitriles is 1. The third-order valence-electron chi connectivity index (χ3n) is 5.01. The van der Waals surface area contributed by atoms with Crippen molar-refractivity contribution in [3.63, 3.8) is 0 Å². The molecule has 1 fully saturated rings. The molecular weight excluding hydrogens is 416 g/mol. The van der Waals surface area contributed by atoms with Gasteiger partial charge in [0.05, 0.1) is 35.5 Å². The number of alkyl halides is 3. The quantitative estimate of drug-likeness (QED) is 0.734. The molecule has 2 aromatic carbocycles. The lowest BCUT2D eigenvalue weighted by molar-refractivity contribution is -0.137. The van der Waals surface area contributed by atoms with Gasteiger partial charge in [-0.3, -0.25) is 0 Å². The van der Waals surface area contributed by atoms with Crippen LogP contribution >= 0.6 is 0 Å². The predicted molar refractivity (Wildman–Crippen MR) is 106 cm³/mol. The summed E-state index contributed by atoms with van der Waals surface area (Å²) in [7, 11) is 1.45. The first-order valence-electron chi connectivity index (χ1n) is 9.42. The van der Waals surface area contributed by atoms with Crippen LogP contribution in [0.4, 0.5) is 33.7 Å². The zero-order valence-electron chi connectivity index (χ0n) is 16.6. The number of urea groups is 1. The first kappa shape index (κ1) is 22.4. The molecule has 31 heavy (non-hydrogen) atoms. The predicted octanol–water partition coefficient (Wildman–Crippen LogP) is 4.09. The molecular formula is C21H20F4N4O2. The van der Waals surface area contributed by atoms with Crippen molar-refractivity contribution in [2.75, 3.05) is 43.6 Å². The Bertz CT molecular complexity index is 990. The number of benzene rings is 2. The van der Waals surface area contributed by atoms with Crippen LogP contribution in [-0.4, -0.2) is 50.3 Å². The van der Waals surface area contributed by atoms with E-state index in [9.17, 15) is 22.4 Å². The van der Waals surface area contributed by atoms with Crippen LogP contribution < -0.4 is 10.2 Å². The summed E-state index contributed by atoms with van der Waals surface area (Å²) in [5.74, 6) is -0.574. The van der Waals surface area contributed by atoms with Crippen LogP contribution in [0.2, 0.25) is 0 Å². The topological polar surface area (TPSA) is 68.6 Å². The van der Waals surface area contributed by atoms with Crippen LogP contribution in [0.5, 0.6) is 0 Å². The summed E-state index contributed by atoms with van der Waals surface area (Å²) in [5.41, 5.74) is -1.13. The summed E-state index contributed by atoms with van der Waals surface area (Å²) in [4.78, 5) is 15.9. The van der Waals surface area contributed by atoms with Crippen molar-refractivity contribution < 1.29 is 27.1 Å². The van der Waals surface area contributed by atoms with Crippen molar-refractivity contribution >= 4 is 17.4 Å². The Balaban J connectivity index is 1.79. The van der Waals surface area contributed by atoms with Crippen LogP contribution in [0.3, 0.4) is 0 Å². The lowest BCUT2D eigenvalue weighted by Gasteiger charge is -2.42. The first-order chi connectivity index (χ1) is 14.7. The van der Waals surface area contributed by atoms with Gasteiger partial charge < -0.3 is 19.9 Å². The molecule has 1 N–H and O–H groups in total. The molecule has 1 aliphatic heterocycles. The highest BCUT2D eigenvalue weighted by atomic mass is 19.4. The number of carbonyl (C=O) groups is 1. The van der Waals surface area contributed by atoms with E-state index >= 15 is 0 Å². The van der Waals surface area contributed by atoms with Crippen molar-refractivity contribution in [1.82, 2.24) is 4.90 Å². The molecule has 0 aromatic heterocycles. The normalized spacial score (nSPS) is 16.7. The van der Waals surface area contributed by atoms with Crippen LogP contribution in [0.25, 0.3) is 0 Å². The van der Waals surface area contributed by atoms with E-state index < -0.39 is 35.2 Å². The van der Waals surface area contributed by atoms with Crippen molar-refractivity contribution in [2.24, 2.45) is 0 Å². The van der Waals surface area contributed by atoms with E-state index in [0.717, 1.165) is 12.1 Å². The molecule has 1 aliphatic rings. The van der Waals surface area contributed by atoms with Crippen molar-refractivity contribution in [2.45, 2.75) is 12.2 Å². The minimum atomic E-state index is -4.66. The highest BCUT2D eigenvalue weighted by Gasteiger charge is 2.36. The number of anilines is 2. The number of halogens is 4. The average molecular weight is 436 g/mol. The second kappa shape index (κ2) is 9.22. The minimum Gasteiger partial charge on any atom is -0.382 e. The van der Waals surface area contributed by atoms with E-state index in [-0.39, 0.29) is 31.9 Å². The molecule has 1 unspecified atom stereocenters. The van der Waals surface area contributed by atoms with Crippen LogP contribution in [0.15, 0.2) is 42.5 Å². The maximum absolute atomic E-state index is 13.9. The maximum Gasteiger partial charge on any atom is 0.417 e. The molecule has 0 radical (unpaired) electrons. The molecule has 1 saturated heterocycles. The van der Waals surface area contributed by atoms with Gasteiger partial charge in [0.25, 0.3) is 0 Å². The Morgan fingerprint density at radius 3 is 2.65 bits per heavy atom. The number of rotatable bonds is 4. The highest BCUT2D eigenvalue weighted by Crippen LogP contribution is 2.35. The van der Waals surface area contributed by atoms with Gasteiger partial charge in [-0.05, 0) is 30.3 Å². The van der Waals surface area contributed by atoms with Gasteiger partial charge in [0.15, 0.2) is 0 Å². The van der Waals surface area contributed by atoms with Crippen molar-refractivity contribution in [3.05, 3.63) is 59.4 Å². The summed E-state index contributed by atoms with van der Waals surface area (Å²) >= 11 is 0. The van der Waals surface area contributed by atoms with Gasteiger partial charge in [-0.15, -0.1) is 0 Å². The number of amides is 2. The monoisotopic (exact) mass is 436 g/mol. The minimum absolute atomic E-state index is 0.0352. The number of hydrogen-bond donors (Lipinski definition) is 1. The number of methoxy groups -OCH3 is 1. The Hall–Kier alpha value is -3.32. The number of para-hydroxylation sites is 1. The molecule has 2 amide bonds. The molecule has 1 heterocycles. The Labute approximate surface area is 176 Å². The highest BCUT2D eigenvalue weighted by molar-refractivity contribution is 5.90.